The highest BCUT2D eigenvalue weighted by Crippen LogP contribution is 2.38. The molecule has 0 radical (unpaired) electrons. The van der Waals surface area contributed by atoms with Gasteiger partial charge < -0.3 is 14.8 Å². The number of fused-ring (bicyclic) bond motifs is 1. The molecular weight excluding hydrogens is 394 g/mol. The molecule has 0 saturated heterocycles. The average Bonchev–Trinajstić information content (AvgIpc) is 3.06. The molecule has 2 aromatic heterocycles. The van der Waals surface area contributed by atoms with Crippen LogP contribution in [0, 0.1) is 6.92 Å². The fraction of sp³-hybridized carbons (Fsp3) is 0.450. The first kappa shape index (κ1) is 20.9. The van der Waals surface area contributed by atoms with Crippen molar-refractivity contribution < 1.29 is 23.9 Å². The molecular formula is C20H23N3O5S. The quantitative estimate of drug-likeness (QED) is 0.720. The van der Waals surface area contributed by atoms with Gasteiger partial charge in [-0.2, -0.15) is 0 Å². The molecule has 1 aliphatic rings. The van der Waals surface area contributed by atoms with Crippen LogP contribution in [0.4, 0.5) is 5.00 Å². The largest absolute Gasteiger partial charge is 0.462 e. The molecule has 3 rings (SSSR count). The van der Waals surface area contributed by atoms with Gasteiger partial charge in [0, 0.05) is 11.1 Å². The monoisotopic (exact) mass is 417 g/mol. The number of amides is 1. The second kappa shape index (κ2) is 9.13. The number of rotatable bonds is 6. The minimum Gasteiger partial charge on any atom is -0.462 e. The SMILES string of the molecule is CCOC(=O)c1c(NC(=O)[C@H](C)OC(=O)c2cnc(C)cn2)sc2c1CCCC2. The Labute approximate surface area is 172 Å². The van der Waals surface area contributed by atoms with Crippen molar-refractivity contribution in [1.82, 2.24) is 9.97 Å². The zero-order chi connectivity index (χ0) is 21.0. The number of thiophene rings is 1. The van der Waals surface area contributed by atoms with E-state index in [1.54, 1.807) is 13.8 Å². The van der Waals surface area contributed by atoms with E-state index in [2.05, 4.69) is 15.3 Å². The highest BCUT2D eigenvalue weighted by Gasteiger charge is 2.29. The van der Waals surface area contributed by atoms with E-state index in [-0.39, 0.29) is 12.3 Å². The van der Waals surface area contributed by atoms with Crippen LogP contribution < -0.4 is 5.32 Å². The van der Waals surface area contributed by atoms with E-state index in [1.165, 1.54) is 30.7 Å². The van der Waals surface area contributed by atoms with Gasteiger partial charge in [0.05, 0.1) is 24.1 Å². The number of hydrogen-bond donors (Lipinski definition) is 1. The number of nitrogens with zero attached hydrogens (tertiary/aromatic N) is 2. The molecule has 0 bridgehead atoms. The summed E-state index contributed by atoms with van der Waals surface area (Å²) in [6.45, 7) is 5.21. The second-order valence-corrected chi connectivity index (χ2v) is 7.82. The smallest absolute Gasteiger partial charge is 0.359 e. The third-order valence-electron chi connectivity index (χ3n) is 4.53. The fourth-order valence-corrected chi connectivity index (χ4v) is 4.34. The van der Waals surface area contributed by atoms with Crippen molar-refractivity contribution in [2.24, 2.45) is 0 Å². The van der Waals surface area contributed by atoms with E-state index >= 15 is 0 Å². The van der Waals surface area contributed by atoms with Gasteiger partial charge in [0.25, 0.3) is 5.91 Å². The number of esters is 2. The van der Waals surface area contributed by atoms with Crippen molar-refractivity contribution in [1.29, 1.82) is 0 Å². The van der Waals surface area contributed by atoms with Gasteiger partial charge in [-0.25, -0.2) is 14.6 Å². The van der Waals surface area contributed by atoms with E-state index in [9.17, 15) is 14.4 Å². The van der Waals surface area contributed by atoms with Crippen LogP contribution >= 0.6 is 11.3 Å². The Morgan fingerprint density at radius 1 is 1.17 bits per heavy atom. The number of carbonyl (C=O) groups excluding carboxylic acids is 3. The molecule has 2 heterocycles. The van der Waals surface area contributed by atoms with E-state index in [0.29, 0.717) is 16.3 Å². The molecule has 154 valence electrons. The number of nitrogens with one attached hydrogen (secondary N) is 1. The van der Waals surface area contributed by atoms with Gasteiger partial charge in [-0.15, -0.1) is 11.3 Å². The van der Waals surface area contributed by atoms with Gasteiger partial charge in [0.1, 0.15) is 5.00 Å². The van der Waals surface area contributed by atoms with Crippen LogP contribution in [0.3, 0.4) is 0 Å². The van der Waals surface area contributed by atoms with Gasteiger partial charge in [-0.3, -0.25) is 9.78 Å². The third-order valence-corrected chi connectivity index (χ3v) is 5.74. The fourth-order valence-electron chi connectivity index (χ4n) is 3.06. The normalized spacial score (nSPS) is 13.9. The Balaban J connectivity index is 1.74. The lowest BCUT2D eigenvalue weighted by Crippen LogP contribution is -2.30. The lowest BCUT2D eigenvalue weighted by molar-refractivity contribution is -0.123. The van der Waals surface area contributed by atoms with Crippen LogP contribution in [0.5, 0.6) is 0 Å². The standard InChI is InChI=1S/C20H23N3O5S/c1-4-27-20(26)16-13-7-5-6-8-15(13)29-18(16)23-17(24)12(3)28-19(25)14-10-21-11(2)9-22-14/h9-10,12H,4-8H2,1-3H3,(H,23,24)/t12-/m0/s1. The first-order valence-corrected chi connectivity index (χ1v) is 10.3. The molecule has 2 aromatic rings. The predicted octanol–water partition coefficient (Wildman–Crippen LogP) is 3.09. The van der Waals surface area contributed by atoms with Crippen molar-refractivity contribution in [3.05, 3.63) is 39.8 Å². The van der Waals surface area contributed by atoms with E-state index in [0.717, 1.165) is 36.1 Å². The summed E-state index contributed by atoms with van der Waals surface area (Å²) in [6.07, 6.45) is 5.38. The Morgan fingerprint density at radius 3 is 2.62 bits per heavy atom. The second-order valence-electron chi connectivity index (χ2n) is 6.72. The summed E-state index contributed by atoms with van der Waals surface area (Å²) in [5.41, 5.74) is 2.06. The highest BCUT2D eigenvalue weighted by atomic mass is 32.1. The van der Waals surface area contributed by atoms with Crippen molar-refractivity contribution in [3.8, 4) is 0 Å². The predicted molar refractivity (Wildman–Crippen MR) is 107 cm³/mol. The maximum atomic E-state index is 12.6. The maximum absolute atomic E-state index is 12.6. The van der Waals surface area contributed by atoms with Crippen molar-refractivity contribution in [3.63, 3.8) is 0 Å². The topological polar surface area (TPSA) is 107 Å². The minimum atomic E-state index is -1.07. The molecule has 1 atom stereocenters. The van der Waals surface area contributed by atoms with E-state index in [1.807, 2.05) is 0 Å². The minimum absolute atomic E-state index is 0.0223. The van der Waals surface area contributed by atoms with Crippen LogP contribution in [-0.4, -0.2) is 40.5 Å². The third kappa shape index (κ3) is 4.79. The van der Waals surface area contributed by atoms with E-state index < -0.39 is 23.9 Å². The lowest BCUT2D eigenvalue weighted by Gasteiger charge is -2.14. The summed E-state index contributed by atoms with van der Waals surface area (Å²) in [5, 5.41) is 3.18. The molecule has 0 aliphatic heterocycles. The molecule has 0 fully saturated rings. The number of anilines is 1. The first-order valence-electron chi connectivity index (χ1n) is 9.52. The number of aryl methyl sites for hydroxylation is 2. The van der Waals surface area contributed by atoms with Gasteiger partial charge in [0.2, 0.25) is 0 Å². The summed E-state index contributed by atoms with van der Waals surface area (Å²) in [5.74, 6) is -1.71. The van der Waals surface area contributed by atoms with Crippen LogP contribution in [0.25, 0.3) is 0 Å². The Bertz CT molecular complexity index is 923. The molecule has 8 nitrogen and oxygen atoms in total. The van der Waals surface area contributed by atoms with E-state index in [4.69, 9.17) is 9.47 Å². The van der Waals surface area contributed by atoms with Gasteiger partial charge in [-0.05, 0) is 52.0 Å². The lowest BCUT2D eigenvalue weighted by atomic mass is 9.95. The zero-order valence-electron chi connectivity index (χ0n) is 16.6. The summed E-state index contributed by atoms with van der Waals surface area (Å²) >= 11 is 1.38. The van der Waals surface area contributed by atoms with Crippen LogP contribution in [0.15, 0.2) is 12.4 Å². The molecule has 0 saturated carbocycles. The molecule has 1 amide bonds. The number of hydrogen-bond acceptors (Lipinski definition) is 8. The first-order chi connectivity index (χ1) is 13.9. The average molecular weight is 417 g/mol. The number of ether oxygens (including phenoxy) is 2. The molecule has 0 unspecified atom stereocenters. The molecule has 1 aliphatic carbocycles. The van der Waals surface area contributed by atoms with Crippen molar-refractivity contribution in [2.45, 2.75) is 52.6 Å². The van der Waals surface area contributed by atoms with Gasteiger partial charge in [-0.1, -0.05) is 0 Å². The highest BCUT2D eigenvalue weighted by molar-refractivity contribution is 7.17. The van der Waals surface area contributed by atoms with Crippen LogP contribution in [0.1, 0.15) is 63.7 Å². The Morgan fingerprint density at radius 2 is 1.93 bits per heavy atom. The summed E-state index contributed by atoms with van der Waals surface area (Å²) in [7, 11) is 0. The number of aromatic nitrogens is 2. The summed E-state index contributed by atoms with van der Waals surface area (Å²) in [4.78, 5) is 46.3. The molecule has 1 N–H and O–H groups in total. The Kier molecular flexibility index (Phi) is 6.58. The molecule has 9 heteroatoms. The molecule has 0 spiro atoms. The summed E-state index contributed by atoms with van der Waals surface area (Å²) in [6, 6.07) is 0. The van der Waals surface area contributed by atoms with Crippen LogP contribution in [0.2, 0.25) is 0 Å². The number of carbonyl (C=O) groups is 3. The van der Waals surface area contributed by atoms with Crippen LogP contribution in [-0.2, 0) is 27.1 Å². The van der Waals surface area contributed by atoms with Crippen molar-refractivity contribution in [2.75, 3.05) is 11.9 Å². The maximum Gasteiger partial charge on any atom is 0.359 e. The molecule has 29 heavy (non-hydrogen) atoms. The van der Waals surface area contributed by atoms with Gasteiger partial charge in [0.15, 0.2) is 11.8 Å². The zero-order valence-corrected chi connectivity index (χ0v) is 17.4. The van der Waals surface area contributed by atoms with Gasteiger partial charge >= 0.3 is 11.9 Å². The molecule has 0 aromatic carbocycles. The Hall–Kier alpha value is -2.81. The summed E-state index contributed by atoms with van der Waals surface area (Å²) < 4.78 is 10.4. The van der Waals surface area contributed by atoms with Crippen molar-refractivity contribution >= 4 is 34.2 Å².